The minimum absolute atomic E-state index is 0.0726. The van der Waals surface area contributed by atoms with Gasteiger partial charge in [0.1, 0.15) is 0 Å². The number of aryl methyl sites for hydroxylation is 1. The summed E-state index contributed by atoms with van der Waals surface area (Å²) < 4.78 is 1.02. The van der Waals surface area contributed by atoms with E-state index in [-0.39, 0.29) is 5.38 Å². The molecule has 2 unspecified atom stereocenters. The van der Waals surface area contributed by atoms with Crippen LogP contribution in [-0.2, 0) is 12.8 Å². The second-order valence-electron chi connectivity index (χ2n) is 5.69. The highest BCUT2D eigenvalue weighted by molar-refractivity contribution is 9.10. The zero-order valence-electron chi connectivity index (χ0n) is 11.7. The lowest BCUT2D eigenvalue weighted by Crippen LogP contribution is -2.11. The quantitative estimate of drug-likeness (QED) is 0.406. The SMILES string of the molecule is Clc1cc(Br)ccc1CC1CCCc2ccccc2C1Cl. The smallest absolute Gasteiger partial charge is 0.0619 e. The van der Waals surface area contributed by atoms with Crippen molar-refractivity contribution < 1.29 is 0 Å². The Hall–Kier alpha value is -0.500. The van der Waals surface area contributed by atoms with Gasteiger partial charge in [0.25, 0.3) is 0 Å². The van der Waals surface area contributed by atoms with Gasteiger partial charge in [-0.15, -0.1) is 11.6 Å². The van der Waals surface area contributed by atoms with Gasteiger partial charge in [0, 0.05) is 9.50 Å². The number of halogens is 3. The summed E-state index contributed by atoms with van der Waals surface area (Å²) >= 11 is 16.6. The number of rotatable bonds is 2. The average molecular weight is 384 g/mol. The van der Waals surface area contributed by atoms with Crippen molar-refractivity contribution in [1.29, 1.82) is 0 Å². The van der Waals surface area contributed by atoms with Crippen molar-refractivity contribution in [1.82, 2.24) is 0 Å². The van der Waals surface area contributed by atoms with Crippen LogP contribution in [0, 0.1) is 5.92 Å². The molecule has 0 amide bonds. The summed E-state index contributed by atoms with van der Waals surface area (Å²) in [5, 5.41) is 0.897. The van der Waals surface area contributed by atoms with Crippen LogP contribution in [0.15, 0.2) is 46.9 Å². The molecule has 1 aliphatic rings. The Morgan fingerprint density at radius 2 is 1.95 bits per heavy atom. The van der Waals surface area contributed by atoms with Gasteiger partial charge in [-0.1, -0.05) is 57.9 Å². The van der Waals surface area contributed by atoms with Crippen LogP contribution in [-0.4, -0.2) is 0 Å². The van der Waals surface area contributed by atoms with E-state index in [0.717, 1.165) is 28.8 Å². The van der Waals surface area contributed by atoms with E-state index in [1.807, 2.05) is 6.07 Å². The molecule has 0 fully saturated rings. The lowest BCUT2D eigenvalue weighted by molar-refractivity contribution is 0.465. The van der Waals surface area contributed by atoms with Gasteiger partial charge in [-0.25, -0.2) is 0 Å². The molecule has 0 bridgehead atoms. The Balaban J connectivity index is 1.86. The maximum atomic E-state index is 6.80. The van der Waals surface area contributed by atoms with Crippen LogP contribution in [0.4, 0.5) is 0 Å². The van der Waals surface area contributed by atoms with E-state index >= 15 is 0 Å². The minimum atomic E-state index is 0.0726. The summed E-state index contributed by atoms with van der Waals surface area (Å²) in [6, 6.07) is 14.7. The summed E-state index contributed by atoms with van der Waals surface area (Å²) in [4.78, 5) is 0. The summed E-state index contributed by atoms with van der Waals surface area (Å²) in [7, 11) is 0. The normalized spacial score (nSPS) is 21.7. The monoisotopic (exact) mass is 382 g/mol. The van der Waals surface area contributed by atoms with E-state index in [9.17, 15) is 0 Å². The first-order valence-corrected chi connectivity index (χ1v) is 8.91. The molecule has 0 nitrogen and oxygen atoms in total. The molecule has 2 aromatic rings. The third kappa shape index (κ3) is 3.47. The fraction of sp³-hybridized carbons (Fsp3) is 0.333. The van der Waals surface area contributed by atoms with Crippen LogP contribution in [0.2, 0.25) is 5.02 Å². The summed E-state index contributed by atoms with van der Waals surface area (Å²) in [5.74, 6) is 0.439. The third-order valence-electron chi connectivity index (χ3n) is 4.28. The van der Waals surface area contributed by atoms with Crippen molar-refractivity contribution in [2.45, 2.75) is 31.1 Å². The van der Waals surface area contributed by atoms with Gasteiger partial charge in [-0.05, 0) is 60.4 Å². The molecule has 0 aromatic heterocycles. The largest absolute Gasteiger partial charge is 0.117 e. The Kier molecular flexibility index (Phi) is 4.93. The number of fused-ring (bicyclic) bond motifs is 1. The number of alkyl halides is 1. The van der Waals surface area contributed by atoms with Crippen molar-refractivity contribution in [2.24, 2.45) is 5.92 Å². The van der Waals surface area contributed by atoms with Gasteiger partial charge in [0.2, 0.25) is 0 Å². The molecule has 2 aromatic carbocycles. The van der Waals surface area contributed by atoms with Crippen molar-refractivity contribution in [3.63, 3.8) is 0 Å². The van der Waals surface area contributed by atoms with E-state index in [1.165, 1.54) is 23.1 Å². The molecular formula is C18H17BrCl2. The molecule has 3 heteroatoms. The molecule has 110 valence electrons. The van der Waals surface area contributed by atoms with Crippen molar-refractivity contribution in [2.75, 3.05) is 0 Å². The van der Waals surface area contributed by atoms with E-state index in [0.29, 0.717) is 5.92 Å². The van der Waals surface area contributed by atoms with Gasteiger partial charge in [0.15, 0.2) is 0 Å². The first-order chi connectivity index (χ1) is 10.1. The molecule has 0 spiro atoms. The molecule has 21 heavy (non-hydrogen) atoms. The number of benzene rings is 2. The van der Waals surface area contributed by atoms with E-state index < -0.39 is 0 Å². The summed E-state index contributed by atoms with van der Waals surface area (Å²) in [6.45, 7) is 0. The van der Waals surface area contributed by atoms with Crippen LogP contribution >= 0.6 is 39.1 Å². The van der Waals surface area contributed by atoms with Gasteiger partial charge >= 0.3 is 0 Å². The van der Waals surface area contributed by atoms with Gasteiger partial charge < -0.3 is 0 Å². The maximum absolute atomic E-state index is 6.80. The maximum Gasteiger partial charge on any atom is 0.0619 e. The second kappa shape index (κ2) is 6.73. The van der Waals surface area contributed by atoms with Gasteiger partial charge in [0.05, 0.1) is 5.38 Å². The lowest BCUT2D eigenvalue weighted by atomic mass is 9.90. The molecular weight excluding hydrogens is 367 g/mol. The highest BCUT2D eigenvalue weighted by Crippen LogP contribution is 2.40. The van der Waals surface area contributed by atoms with E-state index in [4.69, 9.17) is 23.2 Å². The predicted molar refractivity (Wildman–Crippen MR) is 94.3 cm³/mol. The highest BCUT2D eigenvalue weighted by atomic mass is 79.9. The summed E-state index contributed by atoms with van der Waals surface area (Å²) in [5.41, 5.74) is 3.90. The lowest BCUT2D eigenvalue weighted by Gasteiger charge is -2.22. The Morgan fingerprint density at radius 1 is 1.14 bits per heavy atom. The van der Waals surface area contributed by atoms with Gasteiger partial charge in [-0.3, -0.25) is 0 Å². The first-order valence-electron chi connectivity index (χ1n) is 7.31. The number of hydrogen-bond acceptors (Lipinski definition) is 0. The minimum Gasteiger partial charge on any atom is -0.117 e. The zero-order chi connectivity index (χ0) is 14.8. The van der Waals surface area contributed by atoms with E-state index in [2.05, 4.69) is 52.3 Å². The second-order valence-corrected chi connectivity index (χ2v) is 7.49. The standard InChI is InChI=1S/C18H17BrCl2/c19-15-9-8-13(17(20)11-15)10-14-6-3-5-12-4-1-2-7-16(12)18(14)21/h1-2,4,7-9,11,14,18H,3,5-6,10H2. The molecule has 0 aliphatic heterocycles. The van der Waals surface area contributed by atoms with Crippen LogP contribution in [0.3, 0.4) is 0 Å². The molecule has 2 atom stereocenters. The number of hydrogen-bond donors (Lipinski definition) is 0. The Labute approximate surface area is 144 Å². The molecule has 0 radical (unpaired) electrons. The zero-order valence-corrected chi connectivity index (χ0v) is 14.8. The predicted octanol–water partition coefficient (Wildman–Crippen LogP) is 6.58. The molecule has 0 saturated heterocycles. The molecule has 0 saturated carbocycles. The van der Waals surface area contributed by atoms with Crippen molar-refractivity contribution in [3.8, 4) is 0 Å². The topological polar surface area (TPSA) is 0 Å². The Morgan fingerprint density at radius 3 is 2.76 bits per heavy atom. The molecule has 0 heterocycles. The van der Waals surface area contributed by atoms with Crippen LogP contribution in [0.5, 0.6) is 0 Å². The summed E-state index contributed by atoms with van der Waals surface area (Å²) in [6.07, 6.45) is 4.41. The Bertz CT molecular complexity index is 639. The molecule has 3 rings (SSSR count). The fourth-order valence-corrected chi connectivity index (χ4v) is 4.34. The van der Waals surface area contributed by atoms with Crippen molar-refractivity contribution in [3.05, 3.63) is 68.7 Å². The van der Waals surface area contributed by atoms with Crippen LogP contribution in [0.25, 0.3) is 0 Å². The third-order valence-corrected chi connectivity index (χ3v) is 5.72. The van der Waals surface area contributed by atoms with Crippen LogP contribution < -0.4 is 0 Å². The van der Waals surface area contributed by atoms with E-state index in [1.54, 1.807) is 0 Å². The molecule has 1 aliphatic carbocycles. The average Bonchev–Trinajstić information content (AvgIpc) is 2.63. The fourth-order valence-electron chi connectivity index (χ4n) is 3.16. The first kappa shape index (κ1) is 15.4. The van der Waals surface area contributed by atoms with Crippen molar-refractivity contribution >= 4 is 39.1 Å². The highest BCUT2D eigenvalue weighted by Gasteiger charge is 2.26. The van der Waals surface area contributed by atoms with Crippen LogP contribution in [0.1, 0.15) is 34.9 Å². The van der Waals surface area contributed by atoms with Gasteiger partial charge in [-0.2, -0.15) is 0 Å². The molecule has 0 N–H and O–H groups in total.